The predicted octanol–water partition coefficient (Wildman–Crippen LogP) is 5.37. The molecule has 0 spiro atoms. The van der Waals surface area contributed by atoms with Crippen LogP contribution < -0.4 is 19.7 Å². The number of hydrogen-bond acceptors (Lipinski definition) is 10. The maximum atomic E-state index is 13.6. The summed E-state index contributed by atoms with van der Waals surface area (Å²) < 4.78 is 32.4. The largest absolute Gasteiger partial charge is 0.480 e. The Morgan fingerprint density at radius 1 is 1.06 bits per heavy atom. The fraction of sp³-hybridized carbons (Fsp3) is 0.394. The zero-order valence-corrected chi connectivity index (χ0v) is 28.9. The molecule has 0 saturated heterocycles. The predicted molar refractivity (Wildman–Crippen MR) is 179 cm³/mol. The van der Waals surface area contributed by atoms with Gasteiger partial charge in [0.25, 0.3) is 0 Å². The van der Waals surface area contributed by atoms with Gasteiger partial charge < -0.3 is 29.0 Å². The normalized spacial score (nSPS) is 14.1. The summed E-state index contributed by atoms with van der Waals surface area (Å²) in [5.41, 5.74) is 2.69. The summed E-state index contributed by atoms with van der Waals surface area (Å²) in [5, 5.41) is 14.8. The number of fused-ring (bicyclic) bond motifs is 1. The van der Waals surface area contributed by atoms with E-state index in [1.54, 1.807) is 47.9 Å². The molecule has 1 amide bonds. The Morgan fingerprint density at radius 3 is 2.44 bits per heavy atom. The third-order valence-electron chi connectivity index (χ3n) is 7.38. The summed E-state index contributed by atoms with van der Waals surface area (Å²) in [7, 11) is -3.80. The van der Waals surface area contributed by atoms with Crippen LogP contribution in [-0.4, -0.2) is 61.0 Å². The fourth-order valence-corrected chi connectivity index (χ4v) is 7.24. The quantitative estimate of drug-likeness (QED) is 0.0830. The average molecular weight is 681 g/mol. The van der Waals surface area contributed by atoms with Gasteiger partial charge in [-0.15, -0.1) is 0 Å². The Labute approximate surface area is 278 Å². The number of nitrogens with one attached hydrogen (secondary N) is 2. The van der Waals surface area contributed by atoms with Crippen molar-refractivity contribution in [3.05, 3.63) is 71.8 Å². The van der Waals surface area contributed by atoms with E-state index in [2.05, 4.69) is 25.4 Å². The highest BCUT2D eigenvalue weighted by atomic mass is 31.2. The number of para-hydroxylation sites is 1. The van der Waals surface area contributed by atoms with Gasteiger partial charge in [-0.1, -0.05) is 38.1 Å². The number of anilines is 1. The highest BCUT2D eigenvalue weighted by molar-refractivity contribution is 7.57. The van der Waals surface area contributed by atoms with Gasteiger partial charge in [0, 0.05) is 24.3 Å². The van der Waals surface area contributed by atoms with Crippen LogP contribution in [0.4, 0.5) is 5.82 Å². The molecule has 48 heavy (non-hydrogen) atoms. The minimum absolute atomic E-state index is 0.0574. The summed E-state index contributed by atoms with van der Waals surface area (Å²) in [6, 6.07) is 11.0. The molecule has 0 aliphatic heterocycles. The molecule has 2 aromatic heterocycles. The first-order chi connectivity index (χ1) is 22.6. The Bertz CT molecular complexity index is 1840. The second kappa shape index (κ2) is 15.1. The molecular formula is C33H41N6O8P. The van der Waals surface area contributed by atoms with Gasteiger partial charge in [-0.05, 0) is 57.0 Å². The van der Waals surface area contributed by atoms with Gasteiger partial charge in [0.15, 0.2) is 17.0 Å². The highest BCUT2D eigenvalue weighted by Crippen LogP contribution is 2.44. The number of carboxylic acid groups (broad SMARTS) is 1. The molecule has 0 aliphatic rings. The van der Waals surface area contributed by atoms with Gasteiger partial charge in [0.2, 0.25) is 5.91 Å². The number of nitrogens with zero attached hydrogens (tertiary/aromatic N) is 4. The number of rotatable bonds is 15. The third-order valence-corrected chi connectivity index (χ3v) is 9.15. The van der Waals surface area contributed by atoms with Crippen molar-refractivity contribution in [3.8, 4) is 11.5 Å². The standard InChI is InChI=1S/C33H41N6O8P/c1-20-13-21(2)28(26(14-20)46-24(5)40)33(6,7)15-27(41)37-30-29-31(35-17-34-30)39(18-36-29)16-22(3)45-19-48(44,38-23(4)32(42)43)47-25-11-9-8-10-12-25/h8-14,17-18,22-23H,15-16,19H2,1-7H3,(H,38,44)(H,42,43)(H,34,35,37,41). The minimum atomic E-state index is -3.80. The van der Waals surface area contributed by atoms with Crippen LogP contribution in [0.1, 0.15) is 57.7 Å². The zero-order chi connectivity index (χ0) is 35.2. The van der Waals surface area contributed by atoms with E-state index in [-0.39, 0.29) is 24.7 Å². The van der Waals surface area contributed by atoms with Crippen molar-refractivity contribution < 1.29 is 38.1 Å². The number of carbonyl (C=O) groups excluding carboxylic acids is 2. The van der Waals surface area contributed by atoms with Crippen LogP contribution in [0, 0.1) is 13.8 Å². The van der Waals surface area contributed by atoms with Crippen molar-refractivity contribution in [2.45, 2.75) is 79.0 Å². The Hall–Kier alpha value is -4.65. The number of carboxylic acids is 1. The number of benzene rings is 2. The second-order valence-corrected chi connectivity index (χ2v) is 14.4. The van der Waals surface area contributed by atoms with Crippen LogP contribution in [0.25, 0.3) is 11.2 Å². The molecule has 4 aromatic rings. The van der Waals surface area contributed by atoms with Crippen molar-refractivity contribution in [1.29, 1.82) is 0 Å². The number of ether oxygens (including phenoxy) is 2. The van der Waals surface area contributed by atoms with Crippen molar-refractivity contribution in [2.75, 3.05) is 11.7 Å². The lowest BCUT2D eigenvalue weighted by atomic mass is 9.78. The number of aromatic nitrogens is 4. The van der Waals surface area contributed by atoms with Gasteiger partial charge >= 0.3 is 19.5 Å². The number of esters is 1. The average Bonchev–Trinajstić information content (AvgIpc) is 3.38. The molecule has 0 saturated carbocycles. The molecule has 256 valence electrons. The van der Waals surface area contributed by atoms with E-state index >= 15 is 0 Å². The first-order valence-electron chi connectivity index (χ1n) is 15.3. The minimum Gasteiger partial charge on any atom is -0.480 e. The summed E-state index contributed by atoms with van der Waals surface area (Å²) in [4.78, 5) is 49.6. The molecule has 3 N–H and O–H groups in total. The molecule has 2 aromatic carbocycles. The molecule has 15 heteroatoms. The first-order valence-corrected chi connectivity index (χ1v) is 17.1. The molecule has 0 fully saturated rings. The third kappa shape index (κ3) is 9.24. The van der Waals surface area contributed by atoms with Crippen LogP contribution in [0.15, 0.2) is 55.1 Å². The lowest BCUT2D eigenvalue weighted by Gasteiger charge is -2.28. The lowest BCUT2D eigenvalue weighted by molar-refractivity contribution is -0.138. The van der Waals surface area contributed by atoms with Gasteiger partial charge in [-0.3, -0.25) is 18.9 Å². The molecule has 3 atom stereocenters. The highest BCUT2D eigenvalue weighted by Gasteiger charge is 2.32. The van der Waals surface area contributed by atoms with E-state index in [0.717, 1.165) is 16.7 Å². The molecule has 0 aliphatic carbocycles. The van der Waals surface area contributed by atoms with Crippen molar-refractivity contribution in [1.82, 2.24) is 24.6 Å². The Balaban J connectivity index is 1.46. The van der Waals surface area contributed by atoms with E-state index in [9.17, 15) is 24.1 Å². The maximum absolute atomic E-state index is 13.6. The zero-order valence-electron chi connectivity index (χ0n) is 28.0. The van der Waals surface area contributed by atoms with Crippen molar-refractivity contribution in [2.24, 2.45) is 0 Å². The molecule has 4 rings (SSSR count). The van der Waals surface area contributed by atoms with Crippen molar-refractivity contribution in [3.63, 3.8) is 0 Å². The smallest absolute Gasteiger partial charge is 0.342 e. The topological polar surface area (TPSA) is 184 Å². The Kier molecular flexibility index (Phi) is 11.4. The van der Waals surface area contributed by atoms with Gasteiger partial charge in [0.05, 0.1) is 19.0 Å². The second-order valence-electron chi connectivity index (χ2n) is 12.3. The van der Waals surface area contributed by atoms with E-state index < -0.39 is 43.4 Å². The number of aryl methyl sites for hydroxylation is 2. The molecule has 2 heterocycles. The molecule has 0 radical (unpaired) electrons. The van der Waals surface area contributed by atoms with E-state index in [1.165, 1.54) is 26.5 Å². The Morgan fingerprint density at radius 2 is 1.77 bits per heavy atom. The van der Waals surface area contributed by atoms with E-state index in [0.29, 0.717) is 22.7 Å². The summed E-state index contributed by atoms with van der Waals surface area (Å²) in [6.07, 6.45) is 1.97. The number of aliphatic carboxylic acids is 1. The summed E-state index contributed by atoms with van der Waals surface area (Å²) in [6.45, 7) is 12.3. The molecule has 0 bridgehead atoms. The molecule has 14 nitrogen and oxygen atoms in total. The van der Waals surface area contributed by atoms with Crippen LogP contribution in [0.3, 0.4) is 0 Å². The van der Waals surface area contributed by atoms with E-state index in [1.807, 2.05) is 33.8 Å². The van der Waals surface area contributed by atoms with Crippen LogP contribution in [0.2, 0.25) is 0 Å². The van der Waals surface area contributed by atoms with Gasteiger partial charge in [-0.2, -0.15) is 0 Å². The molecular weight excluding hydrogens is 639 g/mol. The van der Waals surface area contributed by atoms with Crippen LogP contribution >= 0.6 is 7.52 Å². The van der Waals surface area contributed by atoms with Crippen molar-refractivity contribution >= 4 is 42.3 Å². The molecule has 3 unspecified atom stereocenters. The lowest BCUT2D eigenvalue weighted by Crippen LogP contribution is -2.34. The number of hydrogen-bond donors (Lipinski definition) is 3. The SMILES string of the molecule is CC(=O)Oc1cc(C)cc(C)c1C(C)(C)CC(=O)Nc1ncnc2c1ncn2CC(C)OCP(=O)(NC(C)C(=O)O)Oc1ccccc1. The van der Waals surface area contributed by atoms with Crippen LogP contribution in [-0.2, 0) is 35.6 Å². The number of amides is 1. The fourth-order valence-electron chi connectivity index (χ4n) is 5.45. The van der Waals surface area contributed by atoms with E-state index in [4.69, 9.17) is 14.0 Å². The number of imidazole rings is 1. The monoisotopic (exact) mass is 680 g/mol. The summed E-state index contributed by atoms with van der Waals surface area (Å²) >= 11 is 0. The summed E-state index contributed by atoms with van der Waals surface area (Å²) in [5.74, 6) is -1.00. The first kappa shape index (κ1) is 36.2. The number of carbonyl (C=O) groups is 3. The maximum Gasteiger partial charge on any atom is 0.342 e. The van der Waals surface area contributed by atoms with Gasteiger partial charge in [-0.25, -0.2) is 20.0 Å². The van der Waals surface area contributed by atoms with Crippen LogP contribution in [0.5, 0.6) is 11.5 Å². The van der Waals surface area contributed by atoms with Gasteiger partial charge in [0.1, 0.15) is 30.2 Å².